The molecule has 0 saturated carbocycles. The number of nitrogens with zero attached hydrogens (tertiary/aromatic N) is 1. The maximum Gasteiger partial charge on any atom is 0.191 e. The second kappa shape index (κ2) is 5.19. The SMILES string of the molecule is O=C(CBr)c1cccc(C(O)CO)n1. The van der Waals surface area contributed by atoms with Gasteiger partial charge in [-0.15, -0.1) is 0 Å². The van der Waals surface area contributed by atoms with Crippen LogP contribution in [0.5, 0.6) is 0 Å². The van der Waals surface area contributed by atoms with E-state index in [0.717, 1.165) is 0 Å². The Bertz CT molecular complexity index is 330. The molecule has 0 aliphatic rings. The number of hydrogen-bond acceptors (Lipinski definition) is 4. The van der Waals surface area contributed by atoms with Crippen LogP contribution in [0.3, 0.4) is 0 Å². The number of aliphatic hydroxyl groups is 2. The van der Waals surface area contributed by atoms with Gasteiger partial charge in [-0.3, -0.25) is 4.79 Å². The number of rotatable bonds is 4. The number of alkyl halides is 1. The highest BCUT2D eigenvalue weighted by Crippen LogP contribution is 2.10. The van der Waals surface area contributed by atoms with Crippen LogP contribution in [0.1, 0.15) is 22.3 Å². The molecule has 0 bridgehead atoms. The van der Waals surface area contributed by atoms with Crippen LogP contribution >= 0.6 is 15.9 Å². The van der Waals surface area contributed by atoms with Crippen LogP contribution in [0.2, 0.25) is 0 Å². The molecule has 0 spiro atoms. The first kappa shape index (κ1) is 11.3. The van der Waals surface area contributed by atoms with Crippen molar-refractivity contribution in [3.63, 3.8) is 0 Å². The molecule has 0 fully saturated rings. The lowest BCUT2D eigenvalue weighted by atomic mass is 10.2. The normalized spacial score (nSPS) is 12.5. The molecule has 1 unspecified atom stereocenters. The van der Waals surface area contributed by atoms with E-state index in [4.69, 9.17) is 5.11 Å². The molecule has 4 nitrogen and oxygen atoms in total. The van der Waals surface area contributed by atoms with Crippen molar-refractivity contribution in [2.24, 2.45) is 0 Å². The second-order valence-corrected chi connectivity index (χ2v) is 3.26. The van der Waals surface area contributed by atoms with Crippen molar-refractivity contribution < 1.29 is 15.0 Å². The fourth-order valence-electron chi connectivity index (χ4n) is 0.954. The van der Waals surface area contributed by atoms with Gasteiger partial charge in [0.2, 0.25) is 0 Å². The van der Waals surface area contributed by atoms with E-state index in [-0.39, 0.29) is 16.8 Å². The van der Waals surface area contributed by atoms with Crippen LogP contribution < -0.4 is 0 Å². The van der Waals surface area contributed by atoms with Gasteiger partial charge in [0.25, 0.3) is 0 Å². The molecule has 1 atom stereocenters. The number of aromatic nitrogens is 1. The van der Waals surface area contributed by atoms with E-state index in [2.05, 4.69) is 20.9 Å². The van der Waals surface area contributed by atoms with Gasteiger partial charge in [-0.2, -0.15) is 0 Å². The smallest absolute Gasteiger partial charge is 0.191 e. The summed E-state index contributed by atoms with van der Waals surface area (Å²) >= 11 is 3.03. The number of carbonyl (C=O) groups is 1. The van der Waals surface area contributed by atoms with Crippen LogP contribution in [0, 0.1) is 0 Å². The summed E-state index contributed by atoms with van der Waals surface area (Å²) < 4.78 is 0. The molecule has 5 heteroatoms. The van der Waals surface area contributed by atoms with E-state index in [1.54, 1.807) is 18.2 Å². The quantitative estimate of drug-likeness (QED) is 0.617. The van der Waals surface area contributed by atoms with Gasteiger partial charge in [0.15, 0.2) is 5.78 Å². The summed E-state index contributed by atoms with van der Waals surface area (Å²) in [5.41, 5.74) is 0.589. The minimum atomic E-state index is -1.03. The number of aliphatic hydroxyl groups excluding tert-OH is 2. The maximum atomic E-state index is 11.2. The Morgan fingerprint density at radius 2 is 2.29 bits per heavy atom. The lowest BCUT2D eigenvalue weighted by molar-refractivity contribution is 0.0914. The lowest BCUT2D eigenvalue weighted by Gasteiger charge is -2.06. The van der Waals surface area contributed by atoms with E-state index >= 15 is 0 Å². The van der Waals surface area contributed by atoms with Crippen LogP contribution in [0.25, 0.3) is 0 Å². The van der Waals surface area contributed by atoms with Gasteiger partial charge in [0.05, 0.1) is 17.6 Å². The van der Waals surface area contributed by atoms with Gasteiger partial charge in [0.1, 0.15) is 11.8 Å². The monoisotopic (exact) mass is 259 g/mol. The zero-order valence-corrected chi connectivity index (χ0v) is 8.94. The minimum absolute atomic E-state index is 0.156. The third-order valence-corrected chi connectivity index (χ3v) is 2.20. The zero-order chi connectivity index (χ0) is 10.6. The molecule has 0 amide bonds. The van der Waals surface area contributed by atoms with Crippen molar-refractivity contribution >= 4 is 21.7 Å². The first-order valence-corrected chi connectivity index (χ1v) is 5.16. The van der Waals surface area contributed by atoms with E-state index in [9.17, 15) is 9.90 Å². The van der Waals surface area contributed by atoms with Crippen molar-refractivity contribution in [3.8, 4) is 0 Å². The van der Waals surface area contributed by atoms with Crippen LogP contribution in [-0.2, 0) is 0 Å². The maximum absolute atomic E-state index is 11.2. The molecular weight excluding hydrogens is 250 g/mol. The first-order chi connectivity index (χ1) is 6.69. The Morgan fingerprint density at radius 3 is 2.86 bits per heavy atom. The average Bonchev–Trinajstić information content (AvgIpc) is 2.27. The molecule has 1 aromatic rings. The Morgan fingerprint density at radius 1 is 1.57 bits per heavy atom. The number of carbonyl (C=O) groups excluding carboxylic acids is 1. The van der Waals surface area contributed by atoms with Gasteiger partial charge >= 0.3 is 0 Å². The molecule has 0 aromatic carbocycles. The summed E-state index contributed by atoms with van der Waals surface area (Å²) in [6.07, 6.45) is -1.03. The van der Waals surface area contributed by atoms with Crippen LogP contribution in [-0.4, -0.2) is 32.9 Å². The van der Waals surface area contributed by atoms with Crippen molar-refractivity contribution in [1.29, 1.82) is 0 Å². The van der Waals surface area contributed by atoms with E-state index < -0.39 is 12.7 Å². The predicted octanol–water partition coefficient (Wildman–Crippen LogP) is 0.685. The third kappa shape index (κ3) is 2.60. The Hall–Kier alpha value is -0.780. The van der Waals surface area contributed by atoms with E-state index in [0.29, 0.717) is 5.69 Å². The number of pyridine rings is 1. The molecule has 0 aliphatic carbocycles. The summed E-state index contributed by atoms with van der Waals surface area (Å²) in [7, 11) is 0. The van der Waals surface area contributed by atoms with Crippen molar-refractivity contribution in [1.82, 2.24) is 4.98 Å². The predicted molar refractivity (Wildman–Crippen MR) is 54.4 cm³/mol. The van der Waals surface area contributed by atoms with Gasteiger partial charge in [-0.25, -0.2) is 4.98 Å². The fourth-order valence-corrected chi connectivity index (χ4v) is 1.24. The summed E-state index contributed by atoms with van der Waals surface area (Å²) in [4.78, 5) is 15.1. The van der Waals surface area contributed by atoms with Crippen molar-refractivity contribution in [2.75, 3.05) is 11.9 Å². The molecule has 1 heterocycles. The van der Waals surface area contributed by atoms with E-state index in [1.165, 1.54) is 0 Å². The summed E-state index contributed by atoms with van der Waals surface area (Å²) in [6, 6.07) is 4.75. The van der Waals surface area contributed by atoms with Crippen LogP contribution in [0.4, 0.5) is 0 Å². The second-order valence-electron chi connectivity index (χ2n) is 2.70. The zero-order valence-electron chi connectivity index (χ0n) is 7.35. The third-order valence-electron chi connectivity index (χ3n) is 1.69. The standard InChI is InChI=1S/C9H10BrNO3/c10-4-8(13)6-2-1-3-7(11-6)9(14)5-12/h1-3,9,12,14H,4-5H2. The molecular formula is C9H10BrNO3. The number of Topliss-reactive ketones (excluding diaryl/α,β-unsaturated/α-hetero) is 1. The number of ketones is 1. The summed E-state index contributed by atoms with van der Waals surface area (Å²) in [6.45, 7) is -0.404. The number of halogens is 1. The van der Waals surface area contributed by atoms with Gasteiger partial charge in [-0.05, 0) is 12.1 Å². The van der Waals surface area contributed by atoms with Crippen molar-refractivity contribution in [2.45, 2.75) is 6.10 Å². The van der Waals surface area contributed by atoms with Crippen LogP contribution in [0.15, 0.2) is 18.2 Å². The molecule has 14 heavy (non-hydrogen) atoms. The molecule has 0 radical (unpaired) electrons. The highest BCUT2D eigenvalue weighted by Gasteiger charge is 2.10. The van der Waals surface area contributed by atoms with Gasteiger partial charge < -0.3 is 10.2 Å². The lowest BCUT2D eigenvalue weighted by Crippen LogP contribution is -2.09. The Labute approximate surface area is 89.7 Å². The highest BCUT2D eigenvalue weighted by atomic mass is 79.9. The highest BCUT2D eigenvalue weighted by molar-refractivity contribution is 9.09. The molecule has 76 valence electrons. The fraction of sp³-hybridized carbons (Fsp3) is 0.333. The topological polar surface area (TPSA) is 70.4 Å². The Kier molecular flexibility index (Phi) is 4.19. The molecule has 0 aliphatic heterocycles. The largest absolute Gasteiger partial charge is 0.393 e. The first-order valence-electron chi connectivity index (χ1n) is 4.04. The van der Waals surface area contributed by atoms with E-state index in [1.807, 2.05) is 0 Å². The summed E-state index contributed by atoms with van der Waals surface area (Å²) in [5, 5.41) is 18.2. The van der Waals surface area contributed by atoms with Gasteiger partial charge in [0, 0.05) is 0 Å². The summed E-state index contributed by atoms with van der Waals surface area (Å²) in [5.74, 6) is -0.156. The number of hydrogen-bond donors (Lipinski definition) is 2. The minimum Gasteiger partial charge on any atom is -0.393 e. The molecule has 1 rings (SSSR count). The molecule has 1 aromatic heterocycles. The van der Waals surface area contributed by atoms with Gasteiger partial charge in [-0.1, -0.05) is 22.0 Å². The average molecular weight is 260 g/mol. The molecule has 0 saturated heterocycles. The Balaban J connectivity index is 2.95. The van der Waals surface area contributed by atoms with Crippen molar-refractivity contribution in [3.05, 3.63) is 29.6 Å². The molecule has 2 N–H and O–H groups in total.